The van der Waals surface area contributed by atoms with Gasteiger partial charge in [-0.25, -0.2) is 4.98 Å². The molecule has 0 aromatic carbocycles. The average molecular weight is 196 g/mol. The van der Waals surface area contributed by atoms with Crippen molar-refractivity contribution >= 4 is 12.2 Å². The van der Waals surface area contributed by atoms with E-state index in [0.29, 0.717) is 4.64 Å². The average Bonchev–Trinajstić information content (AvgIpc) is 2.04. The first-order chi connectivity index (χ1) is 6.26. The summed E-state index contributed by atoms with van der Waals surface area (Å²) in [5, 5.41) is 0. The van der Waals surface area contributed by atoms with Crippen LogP contribution in [-0.4, -0.2) is 9.97 Å². The Morgan fingerprint density at radius 3 is 2.62 bits per heavy atom. The van der Waals surface area contributed by atoms with E-state index in [0.717, 1.165) is 31.5 Å². The minimum Gasteiger partial charge on any atom is -0.347 e. The predicted octanol–water partition coefficient (Wildman–Crippen LogP) is 3.04. The number of hydrogen-bond donors (Lipinski definition) is 1. The van der Waals surface area contributed by atoms with Gasteiger partial charge in [0.1, 0.15) is 10.5 Å². The summed E-state index contributed by atoms with van der Waals surface area (Å²) >= 11 is 5.08. The lowest BCUT2D eigenvalue weighted by atomic mass is 10.2. The molecule has 1 aromatic heterocycles. The first kappa shape index (κ1) is 10.4. The summed E-state index contributed by atoms with van der Waals surface area (Å²) in [6.07, 6.45) is 4.29. The van der Waals surface area contributed by atoms with Crippen molar-refractivity contribution in [2.24, 2.45) is 0 Å². The number of nitrogens with zero attached hydrogens (tertiary/aromatic N) is 1. The van der Waals surface area contributed by atoms with Crippen molar-refractivity contribution in [2.45, 2.75) is 39.5 Å². The third-order valence-electron chi connectivity index (χ3n) is 1.85. The first-order valence-corrected chi connectivity index (χ1v) is 5.26. The Bertz CT molecular complexity index is 290. The standard InChI is InChI=1S/C10H16N2S/c1-3-5-8-7-10(13)12-9(11-8)6-4-2/h7H,3-6H2,1-2H3,(H,11,12,13). The third kappa shape index (κ3) is 3.27. The lowest BCUT2D eigenvalue weighted by Crippen LogP contribution is -1.99. The molecule has 1 rings (SSSR count). The van der Waals surface area contributed by atoms with Gasteiger partial charge in [0, 0.05) is 12.1 Å². The van der Waals surface area contributed by atoms with Crippen LogP contribution in [0.1, 0.15) is 38.2 Å². The SMILES string of the molecule is CCCc1cc(=S)nc(CCC)[nH]1. The highest BCUT2D eigenvalue weighted by atomic mass is 32.1. The second-order valence-corrected chi connectivity index (χ2v) is 3.61. The van der Waals surface area contributed by atoms with Crippen molar-refractivity contribution in [3.05, 3.63) is 22.2 Å². The Morgan fingerprint density at radius 2 is 2.00 bits per heavy atom. The Labute approximate surface area is 84.4 Å². The van der Waals surface area contributed by atoms with E-state index in [-0.39, 0.29) is 0 Å². The van der Waals surface area contributed by atoms with Gasteiger partial charge in [-0.15, -0.1) is 0 Å². The Balaban J connectivity index is 2.90. The molecule has 0 saturated carbocycles. The van der Waals surface area contributed by atoms with Gasteiger partial charge >= 0.3 is 0 Å². The highest BCUT2D eigenvalue weighted by Crippen LogP contribution is 2.02. The van der Waals surface area contributed by atoms with E-state index in [4.69, 9.17) is 12.2 Å². The molecule has 0 aliphatic carbocycles. The fourth-order valence-electron chi connectivity index (χ4n) is 1.32. The van der Waals surface area contributed by atoms with E-state index in [1.165, 1.54) is 5.69 Å². The molecule has 0 aliphatic rings. The summed E-state index contributed by atoms with van der Waals surface area (Å²) < 4.78 is 0.714. The molecule has 0 unspecified atom stereocenters. The smallest absolute Gasteiger partial charge is 0.129 e. The number of aromatic nitrogens is 2. The monoisotopic (exact) mass is 196 g/mol. The molecule has 13 heavy (non-hydrogen) atoms. The first-order valence-electron chi connectivity index (χ1n) is 4.85. The molecular formula is C10H16N2S. The zero-order valence-corrected chi connectivity index (χ0v) is 9.08. The van der Waals surface area contributed by atoms with Gasteiger partial charge in [0.05, 0.1) is 0 Å². The van der Waals surface area contributed by atoms with Crippen LogP contribution in [0.15, 0.2) is 6.07 Å². The van der Waals surface area contributed by atoms with Gasteiger partial charge < -0.3 is 4.98 Å². The molecule has 1 aromatic rings. The van der Waals surface area contributed by atoms with Gasteiger partial charge in [-0.2, -0.15) is 0 Å². The number of aromatic amines is 1. The largest absolute Gasteiger partial charge is 0.347 e. The molecule has 0 fully saturated rings. The molecule has 0 atom stereocenters. The van der Waals surface area contributed by atoms with Crippen LogP contribution in [0.5, 0.6) is 0 Å². The van der Waals surface area contributed by atoms with Gasteiger partial charge in [0.25, 0.3) is 0 Å². The van der Waals surface area contributed by atoms with Crippen LogP contribution >= 0.6 is 12.2 Å². The van der Waals surface area contributed by atoms with E-state index >= 15 is 0 Å². The summed E-state index contributed by atoms with van der Waals surface area (Å²) in [5.74, 6) is 1.03. The van der Waals surface area contributed by atoms with Gasteiger partial charge in [0.2, 0.25) is 0 Å². The maximum atomic E-state index is 5.08. The molecule has 0 amide bonds. The minimum atomic E-state index is 0.714. The third-order valence-corrected chi connectivity index (χ3v) is 2.06. The molecule has 1 N–H and O–H groups in total. The second kappa shape index (κ2) is 5.12. The fraction of sp³-hybridized carbons (Fsp3) is 0.600. The fourth-order valence-corrected chi connectivity index (χ4v) is 1.58. The normalized spacial score (nSPS) is 10.3. The van der Waals surface area contributed by atoms with Crippen LogP contribution in [0.25, 0.3) is 0 Å². The van der Waals surface area contributed by atoms with Crippen molar-refractivity contribution in [3.63, 3.8) is 0 Å². The zero-order chi connectivity index (χ0) is 9.68. The van der Waals surface area contributed by atoms with Crippen molar-refractivity contribution in [3.8, 4) is 0 Å². The molecule has 0 aliphatic heterocycles. The van der Waals surface area contributed by atoms with Crippen LogP contribution in [0, 0.1) is 4.64 Å². The van der Waals surface area contributed by atoms with E-state index in [2.05, 4.69) is 23.8 Å². The number of rotatable bonds is 4. The van der Waals surface area contributed by atoms with E-state index < -0.39 is 0 Å². The quantitative estimate of drug-likeness (QED) is 0.750. The van der Waals surface area contributed by atoms with Crippen LogP contribution in [-0.2, 0) is 12.8 Å². The lowest BCUT2D eigenvalue weighted by molar-refractivity contribution is 0.790. The molecule has 0 saturated heterocycles. The maximum absolute atomic E-state index is 5.08. The highest BCUT2D eigenvalue weighted by Gasteiger charge is 1.97. The number of aryl methyl sites for hydroxylation is 2. The van der Waals surface area contributed by atoms with Gasteiger partial charge in [-0.1, -0.05) is 32.5 Å². The van der Waals surface area contributed by atoms with Crippen molar-refractivity contribution in [1.82, 2.24) is 9.97 Å². The van der Waals surface area contributed by atoms with E-state index in [1.807, 2.05) is 6.07 Å². The number of H-pyrrole nitrogens is 1. The Morgan fingerprint density at radius 1 is 1.31 bits per heavy atom. The summed E-state index contributed by atoms with van der Waals surface area (Å²) in [7, 11) is 0. The number of hydrogen-bond acceptors (Lipinski definition) is 2. The maximum Gasteiger partial charge on any atom is 0.129 e. The lowest BCUT2D eigenvalue weighted by Gasteiger charge is -2.03. The van der Waals surface area contributed by atoms with Crippen molar-refractivity contribution in [1.29, 1.82) is 0 Å². The van der Waals surface area contributed by atoms with Gasteiger partial charge in [0.15, 0.2) is 0 Å². The van der Waals surface area contributed by atoms with E-state index in [9.17, 15) is 0 Å². The predicted molar refractivity (Wildman–Crippen MR) is 57.4 cm³/mol. The van der Waals surface area contributed by atoms with Crippen molar-refractivity contribution < 1.29 is 0 Å². The van der Waals surface area contributed by atoms with Crippen molar-refractivity contribution in [2.75, 3.05) is 0 Å². The Hall–Kier alpha value is -0.700. The van der Waals surface area contributed by atoms with Gasteiger partial charge in [-0.05, 0) is 18.9 Å². The van der Waals surface area contributed by atoms with Crippen LogP contribution in [0.3, 0.4) is 0 Å². The topological polar surface area (TPSA) is 28.7 Å². The minimum absolute atomic E-state index is 0.714. The molecule has 0 radical (unpaired) electrons. The zero-order valence-electron chi connectivity index (χ0n) is 8.26. The highest BCUT2D eigenvalue weighted by molar-refractivity contribution is 7.71. The molecule has 0 bridgehead atoms. The van der Waals surface area contributed by atoms with Gasteiger partial charge in [-0.3, -0.25) is 0 Å². The van der Waals surface area contributed by atoms with Crippen LogP contribution in [0.2, 0.25) is 0 Å². The molecule has 3 heteroatoms. The second-order valence-electron chi connectivity index (χ2n) is 3.19. The van der Waals surface area contributed by atoms with E-state index in [1.54, 1.807) is 0 Å². The summed E-state index contributed by atoms with van der Waals surface area (Å²) in [6.45, 7) is 4.31. The molecule has 2 nitrogen and oxygen atoms in total. The summed E-state index contributed by atoms with van der Waals surface area (Å²) in [5.41, 5.74) is 1.21. The number of nitrogens with one attached hydrogen (secondary N) is 1. The van der Waals surface area contributed by atoms with Crippen LogP contribution < -0.4 is 0 Å². The van der Waals surface area contributed by atoms with Crippen LogP contribution in [0.4, 0.5) is 0 Å². The molecular weight excluding hydrogens is 180 g/mol. The Kier molecular flexibility index (Phi) is 4.09. The molecule has 72 valence electrons. The molecule has 1 heterocycles. The summed E-state index contributed by atoms with van der Waals surface area (Å²) in [6, 6.07) is 1.96. The molecule has 0 spiro atoms. The summed E-state index contributed by atoms with van der Waals surface area (Å²) in [4.78, 5) is 7.57.